The molecule has 0 saturated heterocycles. The number of amides is 1. The Morgan fingerprint density at radius 1 is 1.26 bits per heavy atom. The first kappa shape index (κ1) is 13.4. The van der Waals surface area contributed by atoms with Crippen LogP contribution in [0.1, 0.15) is 16.1 Å². The van der Waals surface area contributed by atoms with Gasteiger partial charge in [0, 0.05) is 18.6 Å². The maximum absolute atomic E-state index is 11.9. The normalized spacial score (nSPS) is 10.0. The first-order valence-electron chi connectivity index (χ1n) is 5.86. The Bertz CT molecular complexity index is 569. The molecule has 0 aliphatic carbocycles. The highest BCUT2D eigenvalue weighted by molar-refractivity contribution is 6.31. The van der Waals surface area contributed by atoms with Gasteiger partial charge in [-0.25, -0.2) is 4.98 Å². The molecule has 1 aromatic carbocycles. The summed E-state index contributed by atoms with van der Waals surface area (Å²) in [5.41, 5.74) is 2.12. The molecule has 2 aromatic rings. The Balaban J connectivity index is 1.99. The standard InChI is InChI=1S/C14H14ClN3O/c1-16-11-6-7-13(17-9-11)14(19)18-8-10-4-2-3-5-12(10)15/h2-7,9,16H,8H2,1H3,(H,18,19). The zero-order valence-electron chi connectivity index (χ0n) is 10.5. The van der Waals surface area contributed by atoms with Gasteiger partial charge in [-0.3, -0.25) is 4.79 Å². The van der Waals surface area contributed by atoms with Crippen LogP contribution in [0.4, 0.5) is 5.69 Å². The molecule has 1 aromatic heterocycles. The van der Waals surface area contributed by atoms with E-state index in [-0.39, 0.29) is 5.91 Å². The van der Waals surface area contributed by atoms with E-state index in [4.69, 9.17) is 11.6 Å². The summed E-state index contributed by atoms with van der Waals surface area (Å²) in [4.78, 5) is 16.0. The minimum Gasteiger partial charge on any atom is -0.387 e. The molecule has 0 atom stereocenters. The summed E-state index contributed by atoms with van der Waals surface area (Å²) in [6.45, 7) is 0.383. The predicted octanol–water partition coefficient (Wildman–Crippen LogP) is 2.71. The number of anilines is 1. The smallest absolute Gasteiger partial charge is 0.270 e. The first-order chi connectivity index (χ1) is 9.20. The molecule has 2 rings (SSSR count). The van der Waals surface area contributed by atoms with E-state index in [1.807, 2.05) is 18.2 Å². The van der Waals surface area contributed by atoms with Gasteiger partial charge in [0.2, 0.25) is 0 Å². The Hall–Kier alpha value is -2.07. The third kappa shape index (κ3) is 3.45. The lowest BCUT2D eigenvalue weighted by atomic mass is 10.2. The molecule has 5 heteroatoms. The van der Waals surface area contributed by atoms with Crippen LogP contribution in [0.3, 0.4) is 0 Å². The predicted molar refractivity (Wildman–Crippen MR) is 76.4 cm³/mol. The van der Waals surface area contributed by atoms with Crippen molar-refractivity contribution < 1.29 is 4.79 Å². The zero-order valence-corrected chi connectivity index (χ0v) is 11.2. The van der Waals surface area contributed by atoms with Gasteiger partial charge in [-0.05, 0) is 23.8 Å². The molecule has 2 N–H and O–H groups in total. The fraction of sp³-hybridized carbons (Fsp3) is 0.143. The van der Waals surface area contributed by atoms with Crippen molar-refractivity contribution in [1.82, 2.24) is 10.3 Å². The molecule has 4 nitrogen and oxygen atoms in total. The van der Waals surface area contributed by atoms with Gasteiger partial charge in [-0.15, -0.1) is 0 Å². The number of hydrogen-bond acceptors (Lipinski definition) is 3. The van der Waals surface area contributed by atoms with E-state index in [1.165, 1.54) is 0 Å². The van der Waals surface area contributed by atoms with E-state index in [0.29, 0.717) is 17.3 Å². The van der Waals surface area contributed by atoms with Crippen molar-refractivity contribution in [2.24, 2.45) is 0 Å². The molecule has 0 radical (unpaired) electrons. The largest absolute Gasteiger partial charge is 0.387 e. The number of rotatable bonds is 4. The van der Waals surface area contributed by atoms with Crippen molar-refractivity contribution in [2.45, 2.75) is 6.54 Å². The van der Waals surface area contributed by atoms with Crippen molar-refractivity contribution in [3.8, 4) is 0 Å². The first-order valence-corrected chi connectivity index (χ1v) is 6.24. The monoisotopic (exact) mass is 275 g/mol. The number of carbonyl (C=O) groups excluding carboxylic acids is 1. The number of nitrogens with zero attached hydrogens (tertiary/aromatic N) is 1. The quantitative estimate of drug-likeness (QED) is 0.902. The van der Waals surface area contributed by atoms with E-state index in [9.17, 15) is 4.79 Å². The Morgan fingerprint density at radius 2 is 2.05 bits per heavy atom. The van der Waals surface area contributed by atoms with Crippen molar-refractivity contribution in [2.75, 3.05) is 12.4 Å². The number of aromatic nitrogens is 1. The lowest BCUT2D eigenvalue weighted by Gasteiger charge is -2.07. The van der Waals surface area contributed by atoms with Gasteiger partial charge in [0.15, 0.2) is 0 Å². The van der Waals surface area contributed by atoms with Crippen molar-refractivity contribution in [3.05, 3.63) is 58.9 Å². The fourth-order valence-corrected chi connectivity index (χ4v) is 1.79. The van der Waals surface area contributed by atoms with Gasteiger partial charge >= 0.3 is 0 Å². The molecular weight excluding hydrogens is 262 g/mol. The summed E-state index contributed by atoms with van der Waals surface area (Å²) < 4.78 is 0. The average molecular weight is 276 g/mol. The molecule has 0 aliphatic rings. The highest BCUT2D eigenvalue weighted by Gasteiger charge is 2.07. The second-order valence-electron chi connectivity index (χ2n) is 3.96. The highest BCUT2D eigenvalue weighted by atomic mass is 35.5. The van der Waals surface area contributed by atoms with Crippen LogP contribution in [0.25, 0.3) is 0 Å². The fourth-order valence-electron chi connectivity index (χ4n) is 1.58. The molecule has 0 spiro atoms. The summed E-state index contributed by atoms with van der Waals surface area (Å²) in [6, 6.07) is 10.9. The van der Waals surface area contributed by atoms with Crippen LogP contribution in [0.2, 0.25) is 5.02 Å². The summed E-state index contributed by atoms with van der Waals surface area (Å²) in [5, 5.41) is 6.37. The third-order valence-corrected chi connectivity index (χ3v) is 3.05. The van der Waals surface area contributed by atoms with E-state index in [0.717, 1.165) is 11.3 Å². The van der Waals surface area contributed by atoms with Gasteiger partial charge in [0.1, 0.15) is 5.69 Å². The van der Waals surface area contributed by atoms with Crippen LogP contribution < -0.4 is 10.6 Å². The number of nitrogens with one attached hydrogen (secondary N) is 2. The number of halogens is 1. The number of benzene rings is 1. The molecule has 1 amide bonds. The van der Waals surface area contributed by atoms with Gasteiger partial charge in [0.25, 0.3) is 5.91 Å². The zero-order chi connectivity index (χ0) is 13.7. The molecule has 0 saturated carbocycles. The van der Waals surface area contributed by atoms with Crippen LogP contribution in [0, 0.1) is 0 Å². The minimum absolute atomic E-state index is 0.220. The lowest BCUT2D eigenvalue weighted by Crippen LogP contribution is -2.23. The molecule has 0 fully saturated rings. The van der Waals surface area contributed by atoms with Crippen LogP contribution in [0.5, 0.6) is 0 Å². The minimum atomic E-state index is -0.220. The van der Waals surface area contributed by atoms with E-state index >= 15 is 0 Å². The van der Waals surface area contributed by atoms with Gasteiger partial charge in [-0.1, -0.05) is 29.8 Å². The second-order valence-corrected chi connectivity index (χ2v) is 4.36. The van der Waals surface area contributed by atoms with Crippen molar-refractivity contribution in [1.29, 1.82) is 0 Å². The van der Waals surface area contributed by atoms with E-state index < -0.39 is 0 Å². The third-order valence-electron chi connectivity index (χ3n) is 2.68. The van der Waals surface area contributed by atoms with Crippen molar-refractivity contribution in [3.63, 3.8) is 0 Å². The molecule has 0 unspecified atom stereocenters. The number of hydrogen-bond donors (Lipinski definition) is 2. The lowest BCUT2D eigenvalue weighted by molar-refractivity contribution is 0.0946. The van der Waals surface area contributed by atoms with Crippen LogP contribution in [0.15, 0.2) is 42.6 Å². The Morgan fingerprint density at radius 3 is 2.68 bits per heavy atom. The van der Waals surface area contributed by atoms with Gasteiger partial charge < -0.3 is 10.6 Å². The van der Waals surface area contributed by atoms with Crippen LogP contribution >= 0.6 is 11.6 Å². The summed E-state index contributed by atoms with van der Waals surface area (Å²) in [6.07, 6.45) is 1.62. The number of carbonyl (C=O) groups is 1. The Kier molecular flexibility index (Phi) is 4.36. The highest BCUT2D eigenvalue weighted by Crippen LogP contribution is 2.14. The van der Waals surface area contributed by atoms with E-state index in [1.54, 1.807) is 31.4 Å². The maximum Gasteiger partial charge on any atom is 0.270 e. The van der Waals surface area contributed by atoms with Crippen LogP contribution in [-0.4, -0.2) is 17.9 Å². The second kappa shape index (κ2) is 6.20. The molecule has 0 aliphatic heterocycles. The van der Waals surface area contributed by atoms with Gasteiger partial charge in [-0.2, -0.15) is 0 Å². The van der Waals surface area contributed by atoms with E-state index in [2.05, 4.69) is 15.6 Å². The molecule has 98 valence electrons. The SMILES string of the molecule is CNc1ccc(C(=O)NCc2ccccc2Cl)nc1. The molecule has 1 heterocycles. The summed E-state index contributed by atoms with van der Waals surface area (Å²) >= 11 is 6.02. The molecule has 0 bridgehead atoms. The molecule has 19 heavy (non-hydrogen) atoms. The summed E-state index contributed by atoms with van der Waals surface area (Å²) in [7, 11) is 1.80. The van der Waals surface area contributed by atoms with Gasteiger partial charge in [0.05, 0.1) is 11.9 Å². The number of pyridine rings is 1. The van der Waals surface area contributed by atoms with Crippen LogP contribution in [-0.2, 0) is 6.54 Å². The van der Waals surface area contributed by atoms with Crippen molar-refractivity contribution >= 4 is 23.2 Å². The molecular formula is C14H14ClN3O. The maximum atomic E-state index is 11.9. The summed E-state index contributed by atoms with van der Waals surface area (Å²) in [5.74, 6) is -0.220. The Labute approximate surface area is 116 Å². The topological polar surface area (TPSA) is 54.0 Å². The average Bonchev–Trinajstić information content (AvgIpc) is 2.46.